The van der Waals surface area contributed by atoms with E-state index in [0.29, 0.717) is 0 Å². The molecule has 0 aliphatic rings. The Morgan fingerprint density at radius 1 is 1.43 bits per heavy atom. The van der Waals surface area contributed by atoms with E-state index in [1.54, 1.807) is 16.9 Å². The van der Waals surface area contributed by atoms with Gasteiger partial charge >= 0.3 is 0 Å². The van der Waals surface area contributed by atoms with Crippen molar-refractivity contribution in [2.24, 2.45) is 5.92 Å². The fourth-order valence-electron chi connectivity index (χ4n) is 1.10. The highest BCUT2D eigenvalue weighted by molar-refractivity contribution is 5.91. The molecule has 0 unspecified atom stereocenters. The molecule has 78 valence electrons. The lowest BCUT2D eigenvalue weighted by molar-refractivity contribution is -0.118. The Bertz CT molecular complexity index is 315. The topological polar surface area (TPSA) is 46.9 Å². The number of hydrogen-bond acceptors (Lipinski definition) is 2. The maximum atomic E-state index is 11.4. The van der Waals surface area contributed by atoms with E-state index in [0.717, 1.165) is 5.82 Å². The number of nitrogens with zero attached hydrogens (tertiary/aromatic N) is 2. The summed E-state index contributed by atoms with van der Waals surface area (Å²) in [5, 5.41) is 6.96. The summed E-state index contributed by atoms with van der Waals surface area (Å²) in [6.07, 6.45) is 1.69. The molecule has 4 nitrogen and oxygen atoms in total. The van der Waals surface area contributed by atoms with E-state index in [4.69, 9.17) is 0 Å². The zero-order valence-corrected chi connectivity index (χ0v) is 9.11. The van der Waals surface area contributed by atoms with E-state index in [9.17, 15) is 4.79 Å². The van der Waals surface area contributed by atoms with E-state index < -0.39 is 0 Å². The van der Waals surface area contributed by atoms with Crippen LogP contribution >= 0.6 is 0 Å². The number of hydrogen-bond donors (Lipinski definition) is 1. The van der Waals surface area contributed by atoms with Gasteiger partial charge < -0.3 is 5.32 Å². The third kappa shape index (κ3) is 2.34. The number of carbonyl (C=O) groups is 1. The van der Waals surface area contributed by atoms with E-state index in [2.05, 4.69) is 10.4 Å². The second-order valence-corrected chi connectivity index (χ2v) is 3.90. The van der Waals surface area contributed by atoms with E-state index in [-0.39, 0.29) is 17.9 Å². The number of rotatable bonds is 3. The molecule has 0 saturated heterocycles. The molecular formula is C10H17N3O. The van der Waals surface area contributed by atoms with Gasteiger partial charge in [-0.05, 0) is 13.8 Å². The first-order valence-corrected chi connectivity index (χ1v) is 4.86. The Hall–Kier alpha value is -1.32. The standard InChI is InChI=1S/C10H17N3O/c1-7(2)10(14)12-9-5-6-11-13(9)8(3)4/h5-8H,1-4H3,(H,12,14). The van der Waals surface area contributed by atoms with Crippen LogP contribution in [0.1, 0.15) is 33.7 Å². The van der Waals surface area contributed by atoms with Crippen molar-refractivity contribution in [2.45, 2.75) is 33.7 Å². The first-order valence-electron chi connectivity index (χ1n) is 4.86. The molecule has 1 rings (SSSR count). The number of carbonyl (C=O) groups excluding carboxylic acids is 1. The summed E-state index contributed by atoms with van der Waals surface area (Å²) < 4.78 is 1.79. The fraction of sp³-hybridized carbons (Fsp3) is 0.600. The molecule has 4 heteroatoms. The van der Waals surface area contributed by atoms with Crippen LogP contribution in [0.25, 0.3) is 0 Å². The molecule has 0 bridgehead atoms. The largest absolute Gasteiger partial charge is 0.311 e. The van der Waals surface area contributed by atoms with Crippen LogP contribution in [0.2, 0.25) is 0 Å². The molecular weight excluding hydrogens is 178 g/mol. The minimum atomic E-state index is -0.00878. The van der Waals surface area contributed by atoms with Crippen molar-refractivity contribution in [2.75, 3.05) is 5.32 Å². The fourth-order valence-corrected chi connectivity index (χ4v) is 1.10. The van der Waals surface area contributed by atoms with E-state index in [1.807, 2.05) is 27.7 Å². The van der Waals surface area contributed by atoms with Crippen molar-refractivity contribution in [3.05, 3.63) is 12.3 Å². The lowest BCUT2D eigenvalue weighted by atomic mass is 10.2. The molecule has 1 amide bonds. The van der Waals surface area contributed by atoms with Gasteiger partial charge in [-0.25, -0.2) is 4.68 Å². The van der Waals surface area contributed by atoms with Crippen molar-refractivity contribution < 1.29 is 4.79 Å². The number of nitrogens with one attached hydrogen (secondary N) is 1. The second-order valence-electron chi connectivity index (χ2n) is 3.90. The molecule has 0 aromatic carbocycles. The first kappa shape index (κ1) is 10.8. The van der Waals surface area contributed by atoms with Crippen molar-refractivity contribution in [3.63, 3.8) is 0 Å². The predicted molar refractivity (Wildman–Crippen MR) is 56.1 cm³/mol. The predicted octanol–water partition coefficient (Wildman–Crippen LogP) is 2.06. The van der Waals surface area contributed by atoms with Gasteiger partial charge in [-0.3, -0.25) is 4.79 Å². The van der Waals surface area contributed by atoms with Gasteiger partial charge in [-0.2, -0.15) is 5.10 Å². The van der Waals surface area contributed by atoms with Crippen LogP contribution in [-0.4, -0.2) is 15.7 Å². The van der Waals surface area contributed by atoms with Crippen molar-refractivity contribution in [1.82, 2.24) is 9.78 Å². The summed E-state index contributed by atoms with van der Waals surface area (Å²) >= 11 is 0. The van der Waals surface area contributed by atoms with Gasteiger partial charge in [-0.15, -0.1) is 0 Å². The van der Waals surface area contributed by atoms with Crippen molar-refractivity contribution in [3.8, 4) is 0 Å². The van der Waals surface area contributed by atoms with Crippen LogP contribution in [0, 0.1) is 5.92 Å². The molecule has 0 radical (unpaired) electrons. The number of anilines is 1. The Kier molecular flexibility index (Phi) is 3.28. The summed E-state index contributed by atoms with van der Waals surface area (Å²) in [7, 11) is 0. The minimum Gasteiger partial charge on any atom is -0.311 e. The average Bonchev–Trinajstić information content (AvgIpc) is 2.52. The molecule has 0 aliphatic carbocycles. The highest BCUT2D eigenvalue weighted by atomic mass is 16.1. The molecule has 14 heavy (non-hydrogen) atoms. The maximum absolute atomic E-state index is 11.4. The van der Waals surface area contributed by atoms with Crippen LogP contribution in [-0.2, 0) is 4.79 Å². The van der Waals surface area contributed by atoms with Gasteiger partial charge in [-0.1, -0.05) is 13.8 Å². The molecule has 0 fully saturated rings. The van der Waals surface area contributed by atoms with Crippen molar-refractivity contribution in [1.29, 1.82) is 0 Å². The summed E-state index contributed by atoms with van der Waals surface area (Å²) in [6.45, 7) is 7.78. The molecule has 1 N–H and O–H groups in total. The van der Waals surface area contributed by atoms with Gasteiger partial charge in [0, 0.05) is 18.0 Å². The summed E-state index contributed by atoms with van der Waals surface area (Å²) in [5.74, 6) is 0.775. The zero-order valence-electron chi connectivity index (χ0n) is 9.11. The van der Waals surface area contributed by atoms with E-state index in [1.165, 1.54) is 0 Å². The molecule has 0 spiro atoms. The van der Waals surface area contributed by atoms with Crippen LogP contribution in [0.4, 0.5) is 5.82 Å². The Balaban J connectivity index is 2.76. The van der Waals surface area contributed by atoms with Crippen molar-refractivity contribution >= 4 is 11.7 Å². The number of aromatic nitrogens is 2. The minimum absolute atomic E-state index is 0.00878. The lowest BCUT2D eigenvalue weighted by Gasteiger charge is -2.12. The normalized spacial score (nSPS) is 11.0. The molecule has 1 aromatic rings. The monoisotopic (exact) mass is 195 g/mol. The van der Waals surface area contributed by atoms with E-state index >= 15 is 0 Å². The van der Waals surface area contributed by atoms with Gasteiger partial charge in [0.2, 0.25) is 5.91 Å². The molecule has 1 aromatic heterocycles. The Morgan fingerprint density at radius 2 is 2.07 bits per heavy atom. The van der Waals surface area contributed by atoms with Gasteiger partial charge in [0.15, 0.2) is 0 Å². The Labute approximate surface area is 84.3 Å². The highest BCUT2D eigenvalue weighted by Crippen LogP contribution is 2.13. The smallest absolute Gasteiger partial charge is 0.228 e. The number of amides is 1. The van der Waals surface area contributed by atoms with Crippen LogP contribution in [0.5, 0.6) is 0 Å². The van der Waals surface area contributed by atoms with Crippen LogP contribution in [0.15, 0.2) is 12.3 Å². The molecule has 1 heterocycles. The summed E-state index contributed by atoms with van der Waals surface area (Å²) in [4.78, 5) is 11.4. The Morgan fingerprint density at radius 3 is 2.57 bits per heavy atom. The van der Waals surface area contributed by atoms with Crippen LogP contribution in [0.3, 0.4) is 0 Å². The zero-order chi connectivity index (χ0) is 10.7. The van der Waals surface area contributed by atoms with Gasteiger partial charge in [0.05, 0.1) is 6.20 Å². The quantitative estimate of drug-likeness (QED) is 0.802. The van der Waals surface area contributed by atoms with Gasteiger partial charge in [0.25, 0.3) is 0 Å². The third-order valence-electron chi connectivity index (χ3n) is 1.94. The summed E-state index contributed by atoms with van der Waals surface area (Å²) in [5.41, 5.74) is 0. The SMILES string of the molecule is CC(C)C(=O)Nc1ccnn1C(C)C. The third-order valence-corrected chi connectivity index (χ3v) is 1.94. The average molecular weight is 195 g/mol. The molecule has 0 atom stereocenters. The second kappa shape index (κ2) is 4.26. The van der Waals surface area contributed by atoms with Gasteiger partial charge in [0.1, 0.15) is 5.82 Å². The molecule has 0 saturated carbocycles. The molecule has 0 aliphatic heterocycles. The van der Waals surface area contributed by atoms with Crippen LogP contribution < -0.4 is 5.32 Å². The lowest BCUT2D eigenvalue weighted by Crippen LogP contribution is -2.20. The summed E-state index contributed by atoms with van der Waals surface area (Å²) in [6, 6.07) is 2.06. The maximum Gasteiger partial charge on any atom is 0.228 e. The first-order chi connectivity index (χ1) is 6.52. The highest BCUT2D eigenvalue weighted by Gasteiger charge is 2.11.